The van der Waals surface area contributed by atoms with Crippen molar-refractivity contribution in [1.82, 2.24) is 20.8 Å². The number of hydrogen-bond donors (Lipinski definition) is 3. The molecular weight excluding hydrogens is 356 g/mol. The lowest BCUT2D eigenvalue weighted by Crippen LogP contribution is -2.50. The van der Waals surface area contributed by atoms with Crippen molar-refractivity contribution in [3.63, 3.8) is 0 Å². The van der Waals surface area contributed by atoms with Gasteiger partial charge < -0.3 is 10.2 Å². The number of nitrogens with zero attached hydrogens (tertiary/aromatic N) is 2. The van der Waals surface area contributed by atoms with Gasteiger partial charge in [0.2, 0.25) is 0 Å². The predicted molar refractivity (Wildman–Crippen MR) is 83.1 cm³/mol. The molecule has 3 aliphatic heterocycles. The zero-order valence-electron chi connectivity index (χ0n) is 13.8. The Morgan fingerprint density at radius 3 is 2.84 bits per heavy atom. The van der Waals surface area contributed by atoms with Gasteiger partial charge in [-0.05, 0) is 31.7 Å². The van der Waals surface area contributed by atoms with E-state index >= 15 is 0 Å². The molecule has 3 saturated heterocycles. The van der Waals surface area contributed by atoms with Gasteiger partial charge in [-0.2, -0.15) is 13.5 Å². The third-order valence-electron chi connectivity index (χ3n) is 4.70. The number of carbonyl (C=O) groups is 2. The molecule has 3 N–H and O–H groups in total. The number of carbonyl (C=O) groups excluding carboxylic acids is 2. The molecule has 3 fully saturated rings. The number of nitrogens with one attached hydrogen (secondary N) is 2. The normalized spacial score (nSPS) is 32.3. The molecule has 0 unspecified atom stereocenters. The third-order valence-corrected chi connectivity index (χ3v) is 5.05. The number of amides is 3. The molecule has 3 aliphatic rings. The maximum absolute atomic E-state index is 12.3. The van der Waals surface area contributed by atoms with Crippen LogP contribution in [0, 0.1) is 5.92 Å². The topological polar surface area (TPSA) is 138 Å². The minimum absolute atomic E-state index is 0.147. The Kier molecular flexibility index (Phi) is 5.16. The minimum Gasteiger partial charge on any atom is -0.311 e. The highest BCUT2D eigenvalue weighted by atomic mass is 32.3. The Labute approximate surface area is 145 Å². The Morgan fingerprint density at radius 1 is 1.44 bits per heavy atom. The minimum atomic E-state index is -4.80. The lowest BCUT2D eigenvalue weighted by molar-refractivity contribution is -0.139. The lowest BCUT2D eigenvalue weighted by atomic mass is 10.0. The van der Waals surface area contributed by atoms with Gasteiger partial charge in [0.05, 0.1) is 12.6 Å². The summed E-state index contributed by atoms with van der Waals surface area (Å²) < 4.78 is 34.8. The van der Waals surface area contributed by atoms with Crippen molar-refractivity contribution < 1.29 is 31.7 Å². The van der Waals surface area contributed by atoms with Crippen LogP contribution in [0.15, 0.2) is 0 Å². The fraction of sp³-hybridized carbons (Fsp3) is 0.846. The van der Waals surface area contributed by atoms with E-state index in [9.17, 15) is 18.0 Å². The first kappa shape index (κ1) is 18.3. The molecule has 0 aromatic carbocycles. The summed E-state index contributed by atoms with van der Waals surface area (Å²) in [5.74, 6) is 0.0992. The standard InChI is InChI=1S/C13H22N4O7S/c1-8-4-9(14-5-8)7-23-15-12(18)11-3-2-10-6-16(11)13(19)17(10)24-25(20,21)22/h8-11,14H,2-7H2,1H3,(H,15,18)(H,20,21,22)/t8-,9-,10-,11+/m1/s1. The van der Waals surface area contributed by atoms with Crippen LogP contribution in [-0.2, 0) is 24.3 Å². The van der Waals surface area contributed by atoms with Crippen LogP contribution in [0.3, 0.4) is 0 Å². The SMILES string of the molecule is C[C@H]1CN[C@@H](CONC(=O)[C@@H]2CC[C@@H]3CN2C(=O)N3OS(=O)(=O)O)C1. The van der Waals surface area contributed by atoms with Crippen LogP contribution in [0.5, 0.6) is 0 Å². The number of urea groups is 1. The molecule has 11 nitrogen and oxygen atoms in total. The van der Waals surface area contributed by atoms with Crippen LogP contribution in [0.1, 0.15) is 26.2 Å². The van der Waals surface area contributed by atoms with Gasteiger partial charge in [0.25, 0.3) is 5.91 Å². The van der Waals surface area contributed by atoms with E-state index in [1.807, 2.05) is 0 Å². The Hall–Kier alpha value is -1.47. The molecular formula is C13H22N4O7S. The molecule has 0 radical (unpaired) electrons. The third kappa shape index (κ3) is 4.20. The predicted octanol–water partition coefficient (Wildman–Crippen LogP) is -0.965. The van der Waals surface area contributed by atoms with Gasteiger partial charge in [-0.3, -0.25) is 14.2 Å². The monoisotopic (exact) mass is 378 g/mol. The Morgan fingerprint density at radius 2 is 2.20 bits per heavy atom. The second-order valence-electron chi connectivity index (χ2n) is 6.73. The second-order valence-corrected chi connectivity index (χ2v) is 7.74. The first-order chi connectivity index (χ1) is 11.7. The van der Waals surface area contributed by atoms with Gasteiger partial charge in [0.15, 0.2) is 0 Å². The number of rotatable bonds is 6. The van der Waals surface area contributed by atoms with Crippen molar-refractivity contribution in [3.05, 3.63) is 0 Å². The molecule has 12 heteroatoms. The number of hydroxylamine groups is 3. The molecule has 3 heterocycles. The quantitative estimate of drug-likeness (QED) is 0.397. The molecule has 0 spiro atoms. The largest absolute Gasteiger partial charge is 0.418 e. The molecule has 0 saturated carbocycles. The molecule has 3 rings (SSSR count). The molecule has 25 heavy (non-hydrogen) atoms. The summed E-state index contributed by atoms with van der Waals surface area (Å²) >= 11 is 0. The van der Waals surface area contributed by atoms with E-state index in [1.165, 1.54) is 4.90 Å². The van der Waals surface area contributed by atoms with Crippen molar-refractivity contribution in [2.45, 2.75) is 44.3 Å². The number of piperidine rings is 1. The summed E-state index contributed by atoms with van der Waals surface area (Å²) in [6, 6.07) is -1.89. The summed E-state index contributed by atoms with van der Waals surface area (Å²) in [6.07, 6.45) is 1.68. The van der Waals surface area contributed by atoms with Gasteiger partial charge in [-0.1, -0.05) is 6.92 Å². The first-order valence-electron chi connectivity index (χ1n) is 8.16. The van der Waals surface area contributed by atoms with E-state index in [0.29, 0.717) is 30.4 Å². The van der Waals surface area contributed by atoms with E-state index in [0.717, 1.165) is 13.0 Å². The number of fused-ring (bicyclic) bond motifs is 2. The average molecular weight is 378 g/mol. The van der Waals surface area contributed by atoms with Crippen molar-refractivity contribution >= 4 is 22.3 Å². The summed E-state index contributed by atoms with van der Waals surface area (Å²) in [6.45, 7) is 3.52. The molecule has 4 atom stereocenters. The summed E-state index contributed by atoms with van der Waals surface area (Å²) in [7, 11) is -4.80. The van der Waals surface area contributed by atoms with Gasteiger partial charge in [0.1, 0.15) is 6.04 Å². The zero-order chi connectivity index (χ0) is 18.2. The average Bonchev–Trinajstić information content (AvgIpc) is 3.04. The molecule has 3 amide bonds. The van der Waals surface area contributed by atoms with Gasteiger partial charge >= 0.3 is 16.4 Å². The van der Waals surface area contributed by atoms with Gasteiger partial charge in [-0.15, -0.1) is 4.28 Å². The Bertz CT molecular complexity index is 642. The van der Waals surface area contributed by atoms with Crippen LogP contribution in [0.2, 0.25) is 0 Å². The highest BCUT2D eigenvalue weighted by Gasteiger charge is 2.49. The van der Waals surface area contributed by atoms with Crippen LogP contribution < -0.4 is 10.8 Å². The highest BCUT2D eigenvalue weighted by Crippen LogP contribution is 2.30. The molecule has 2 bridgehead atoms. The lowest BCUT2D eigenvalue weighted by Gasteiger charge is -2.29. The summed E-state index contributed by atoms with van der Waals surface area (Å²) in [4.78, 5) is 31.0. The Balaban J connectivity index is 1.52. The van der Waals surface area contributed by atoms with Crippen molar-refractivity contribution in [2.24, 2.45) is 5.92 Å². The second kappa shape index (κ2) is 7.03. The molecule has 0 aliphatic carbocycles. The van der Waals surface area contributed by atoms with E-state index in [1.54, 1.807) is 0 Å². The fourth-order valence-corrected chi connectivity index (χ4v) is 3.92. The van der Waals surface area contributed by atoms with Crippen LogP contribution >= 0.6 is 0 Å². The van der Waals surface area contributed by atoms with Crippen molar-refractivity contribution in [1.29, 1.82) is 0 Å². The maximum Gasteiger partial charge on any atom is 0.418 e. The van der Waals surface area contributed by atoms with Gasteiger partial charge in [0, 0.05) is 12.6 Å². The van der Waals surface area contributed by atoms with E-state index < -0.39 is 34.4 Å². The molecule has 142 valence electrons. The molecule has 0 aromatic heterocycles. The van der Waals surface area contributed by atoms with E-state index in [-0.39, 0.29) is 12.6 Å². The van der Waals surface area contributed by atoms with E-state index in [2.05, 4.69) is 22.0 Å². The summed E-state index contributed by atoms with van der Waals surface area (Å²) in [5.41, 5.74) is 2.36. The first-order valence-corrected chi connectivity index (χ1v) is 9.53. The van der Waals surface area contributed by atoms with Crippen LogP contribution in [0.4, 0.5) is 4.79 Å². The van der Waals surface area contributed by atoms with Crippen LogP contribution in [-0.4, -0.2) is 72.7 Å². The number of hydrogen-bond acceptors (Lipinski definition) is 7. The van der Waals surface area contributed by atoms with Crippen molar-refractivity contribution in [3.8, 4) is 0 Å². The maximum atomic E-state index is 12.3. The molecule has 0 aromatic rings. The zero-order valence-corrected chi connectivity index (χ0v) is 14.6. The van der Waals surface area contributed by atoms with E-state index in [4.69, 9.17) is 9.39 Å². The van der Waals surface area contributed by atoms with Crippen molar-refractivity contribution in [2.75, 3.05) is 19.7 Å². The van der Waals surface area contributed by atoms with Crippen LogP contribution in [0.25, 0.3) is 0 Å². The van der Waals surface area contributed by atoms with Gasteiger partial charge in [-0.25, -0.2) is 10.3 Å². The highest BCUT2D eigenvalue weighted by molar-refractivity contribution is 7.80. The fourth-order valence-electron chi connectivity index (χ4n) is 3.53. The smallest absolute Gasteiger partial charge is 0.311 e. The summed E-state index contributed by atoms with van der Waals surface area (Å²) in [5, 5.41) is 3.88.